The summed E-state index contributed by atoms with van der Waals surface area (Å²) in [6.45, 7) is 0.820. The van der Waals surface area contributed by atoms with Crippen LogP contribution in [0.15, 0.2) is 18.6 Å². The van der Waals surface area contributed by atoms with Gasteiger partial charge >= 0.3 is 0 Å². The van der Waals surface area contributed by atoms with Crippen LogP contribution in [-0.4, -0.2) is 31.2 Å². The van der Waals surface area contributed by atoms with Gasteiger partial charge < -0.3 is 15.3 Å². The average molecular weight is 197 g/mol. The zero-order chi connectivity index (χ0) is 10.4. The van der Waals surface area contributed by atoms with Gasteiger partial charge in [0.15, 0.2) is 11.9 Å². The molecule has 0 atom stereocenters. The van der Waals surface area contributed by atoms with E-state index in [2.05, 4.69) is 10.3 Å². The van der Waals surface area contributed by atoms with Crippen LogP contribution in [0.2, 0.25) is 0 Å². The van der Waals surface area contributed by atoms with E-state index in [4.69, 9.17) is 4.74 Å². The fraction of sp³-hybridized carbons (Fsp3) is 0.375. The number of amides is 1. The van der Waals surface area contributed by atoms with Crippen molar-refractivity contribution in [2.75, 3.05) is 20.3 Å². The molecule has 0 spiro atoms. The molecular formula is C8H11N3O3. The summed E-state index contributed by atoms with van der Waals surface area (Å²) in [4.78, 5) is 15.0. The van der Waals surface area contributed by atoms with E-state index in [0.29, 0.717) is 17.9 Å². The number of rotatable bonds is 4. The van der Waals surface area contributed by atoms with E-state index in [0.717, 1.165) is 6.20 Å². The molecule has 0 bridgehead atoms. The lowest BCUT2D eigenvalue weighted by Crippen LogP contribution is -2.32. The van der Waals surface area contributed by atoms with E-state index >= 15 is 0 Å². The monoisotopic (exact) mass is 197 g/mol. The second-order valence-corrected chi connectivity index (χ2v) is 2.55. The van der Waals surface area contributed by atoms with Crippen molar-refractivity contribution in [3.8, 4) is 0 Å². The molecule has 14 heavy (non-hydrogen) atoms. The Morgan fingerprint density at radius 1 is 1.79 bits per heavy atom. The molecule has 1 aromatic rings. The highest BCUT2D eigenvalue weighted by Crippen LogP contribution is 1.87. The third-order valence-corrected chi connectivity index (χ3v) is 1.50. The van der Waals surface area contributed by atoms with Crippen molar-refractivity contribution >= 4 is 5.91 Å². The third-order valence-electron chi connectivity index (χ3n) is 1.50. The molecular weight excluding hydrogens is 186 g/mol. The first-order valence-corrected chi connectivity index (χ1v) is 4.06. The van der Waals surface area contributed by atoms with Crippen LogP contribution in [0.25, 0.3) is 0 Å². The fourth-order valence-electron chi connectivity index (χ4n) is 0.851. The minimum atomic E-state index is -0.382. The molecule has 1 rings (SSSR count). The molecule has 0 saturated heterocycles. The van der Waals surface area contributed by atoms with Gasteiger partial charge in [0, 0.05) is 13.7 Å². The van der Waals surface area contributed by atoms with E-state index in [1.807, 2.05) is 0 Å². The van der Waals surface area contributed by atoms with Gasteiger partial charge in [0.1, 0.15) is 0 Å². The highest BCUT2D eigenvalue weighted by Gasteiger charge is 2.08. The number of methoxy groups -OCH3 is 1. The molecule has 0 saturated carbocycles. The normalized spacial score (nSPS) is 9.79. The van der Waals surface area contributed by atoms with Crippen LogP contribution in [0.4, 0.5) is 0 Å². The molecule has 1 N–H and O–H groups in total. The number of ether oxygens (including phenoxy) is 1. The number of carbonyl (C=O) groups excluding carboxylic acids is 1. The molecule has 6 heteroatoms. The zero-order valence-corrected chi connectivity index (χ0v) is 7.77. The highest BCUT2D eigenvalue weighted by molar-refractivity contribution is 5.91. The van der Waals surface area contributed by atoms with Crippen LogP contribution < -0.4 is 10.0 Å². The third kappa shape index (κ3) is 2.98. The topological polar surface area (TPSA) is 78.2 Å². The van der Waals surface area contributed by atoms with Crippen LogP contribution in [0.5, 0.6) is 0 Å². The predicted octanol–water partition coefficient (Wildman–Crippen LogP) is -0.909. The summed E-state index contributed by atoms with van der Waals surface area (Å²) in [6, 6.07) is 0. The summed E-state index contributed by atoms with van der Waals surface area (Å²) in [5.41, 5.74) is 0.0959. The molecule has 0 aliphatic carbocycles. The van der Waals surface area contributed by atoms with Gasteiger partial charge in [-0.05, 0) is 0 Å². The first-order valence-electron chi connectivity index (χ1n) is 4.06. The number of hydrogen-bond acceptors (Lipinski definition) is 4. The van der Waals surface area contributed by atoms with E-state index in [1.165, 1.54) is 12.4 Å². The number of carbonyl (C=O) groups is 1. The van der Waals surface area contributed by atoms with E-state index in [9.17, 15) is 10.0 Å². The molecule has 6 nitrogen and oxygen atoms in total. The molecule has 0 fully saturated rings. The molecule has 0 unspecified atom stereocenters. The summed E-state index contributed by atoms with van der Waals surface area (Å²) in [6.07, 6.45) is 3.60. The summed E-state index contributed by atoms with van der Waals surface area (Å²) in [5, 5.41) is 13.3. The van der Waals surface area contributed by atoms with E-state index in [-0.39, 0.29) is 11.6 Å². The SMILES string of the molecule is COCCNC(=O)c1c[n+]([O-])ccn1. The Balaban J connectivity index is 2.52. The number of aromatic nitrogens is 2. The van der Waals surface area contributed by atoms with Crippen LogP contribution in [0.1, 0.15) is 10.5 Å². The zero-order valence-electron chi connectivity index (χ0n) is 7.77. The van der Waals surface area contributed by atoms with Gasteiger partial charge in [0.05, 0.1) is 12.8 Å². The van der Waals surface area contributed by atoms with Gasteiger partial charge in [-0.2, -0.15) is 4.73 Å². The first kappa shape index (κ1) is 10.4. The Morgan fingerprint density at radius 2 is 2.57 bits per heavy atom. The Kier molecular flexibility index (Phi) is 3.81. The standard InChI is InChI=1S/C8H11N3O3/c1-14-5-3-10-8(12)7-6-11(13)4-2-9-7/h2,4,6H,3,5H2,1H3,(H,10,12). The molecule has 0 aliphatic heterocycles. The van der Waals surface area contributed by atoms with Crippen molar-refractivity contribution in [3.63, 3.8) is 0 Å². The Bertz CT molecular complexity index is 316. The van der Waals surface area contributed by atoms with Crippen molar-refractivity contribution in [3.05, 3.63) is 29.5 Å². The molecule has 0 radical (unpaired) electrons. The minimum Gasteiger partial charge on any atom is -0.619 e. The van der Waals surface area contributed by atoms with Gasteiger partial charge in [-0.15, -0.1) is 0 Å². The van der Waals surface area contributed by atoms with Gasteiger partial charge in [-0.1, -0.05) is 0 Å². The predicted molar refractivity (Wildman–Crippen MR) is 47.4 cm³/mol. The van der Waals surface area contributed by atoms with Crippen LogP contribution in [0, 0.1) is 5.21 Å². The second kappa shape index (κ2) is 5.13. The first-order chi connectivity index (χ1) is 6.74. The molecule has 1 aromatic heterocycles. The maximum Gasteiger partial charge on any atom is 0.276 e. The van der Waals surface area contributed by atoms with Gasteiger partial charge in [-0.25, -0.2) is 4.98 Å². The lowest BCUT2D eigenvalue weighted by molar-refractivity contribution is -0.606. The number of nitrogens with one attached hydrogen (secondary N) is 1. The summed E-state index contributed by atoms with van der Waals surface area (Å²) >= 11 is 0. The average Bonchev–Trinajstić information content (AvgIpc) is 2.18. The number of hydrogen-bond donors (Lipinski definition) is 1. The molecule has 1 amide bonds. The lowest BCUT2D eigenvalue weighted by Gasteiger charge is -2.02. The second-order valence-electron chi connectivity index (χ2n) is 2.55. The van der Waals surface area contributed by atoms with Crippen molar-refractivity contribution in [2.24, 2.45) is 0 Å². The van der Waals surface area contributed by atoms with E-state index in [1.54, 1.807) is 7.11 Å². The lowest BCUT2D eigenvalue weighted by atomic mass is 10.4. The van der Waals surface area contributed by atoms with Crippen LogP contribution in [0.3, 0.4) is 0 Å². The van der Waals surface area contributed by atoms with Gasteiger partial charge in [0.25, 0.3) is 5.91 Å². The summed E-state index contributed by atoms with van der Waals surface area (Å²) in [7, 11) is 1.54. The fourth-order valence-corrected chi connectivity index (χ4v) is 0.851. The molecule has 76 valence electrons. The molecule has 1 heterocycles. The highest BCUT2D eigenvalue weighted by atomic mass is 16.5. The van der Waals surface area contributed by atoms with Crippen molar-refractivity contribution in [1.29, 1.82) is 0 Å². The van der Waals surface area contributed by atoms with Gasteiger partial charge in [-0.3, -0.25) is 4.79 Å². The van der Waals surface area contributed by atoms with Crippen LogP contribution >= 0.6 is 0 Å². The quantitative estimate of drug-likeness (QED) is 0.385. The summed E-state index contributed by atoms with van der Waals surface area (Å²) in [5.74, 6) is -0.382. The largest absolute Gasteiger partial charge is 0.619 e. The van der Waals surface area contributed by atoms with Gasteiger partial charge in [0.2, 0.25) is 6.20 Å². The smallest absolute Gasteiger partial charge is 0.276 e. The Labute approximate surface area is 81.1 Å². The Morgan fingerprint density at radius 3 is 3.21 bits per heavy atom. The Hall–Kier alpha value is -1.69. The minimum absolute atomic E-state index is 0.0959. The van der Waals surface area contributed by atoms with Crippen molar-refractivity contribution in [1.82, 2.24) is 10.3 Å². The molecule has 0 aliphatic rings. The maximum atomic E-state index is 11.3. The van der Waals surface area contributed by atoms with Crippen molar-refractivity contribution in [2.45, 2.75) is 0 Å². The maximum absolute atomic E-state index is 11.3. The summed E-state index contributed by atoms with van der Waals surface area (Å²) < 4.78 is 5.28. The number of nitrogens with zero attached hydrogens (tertiary/aromatic N) is 2. The molecule has 0 aromatic carbocycles. The van der Waals surface area contributed by atoms with Crippen molar-refractivity contribution < 1.29 is 14.3 Å². The van der Waals surface area contributed by atoms with Crippen LogP contribution in [-0.2, 0) is 4.74 Å². The van der Waals surface area contributed by atoms with E-state index < -0.39 is 0 Å².